The van der Waals surface area contributed by atoms with Crippen LogP contribution in [0.2, 0.25) is 0 Å². The van der Waals surface area contributed by atoms with Gasteiger partial charge >= 0.3 is 8.25 Å². The number of benzene rings is 1. The zero-order valence-electron chi connectivity index (χ0n) is 17.1. The lowest BCUT2D eigenvalue weighted by atomic mass is 10.1. The Morgan fingerprint density at radius 3 is 2.84 bits per heavy atom. The van der Waals surface area contributed by atoms with Crippen molar-refractivity contribution in [3.63, 3.8) is 0 Å². The highest BCUT2D eigenvalue weighted by atomic mass is 31.1. The summed E-state index contributed by atoms with van der Waals surface area (Å²) in [5.74, 6) is 0.435. The highest BCUT2D eigenvalue weighted by Crippen LogP contribution is 2.40. The summed E-state index contributed by atoms with van der Waals surface area (Å²) in [5, 5.41) is 10.4. The fourth-order valence-corrected chi connectivity index (χ4v) is 5.02. The van der Waals surface area contributed by atoms with E-state index >= 15 is 0 Å². The van der Waals surface area contributed by atoms with Crippen molar-refractivity contribution in [1.82, 2.24) is 14.5 Å². The first-order chi connectivity index (χ1) is 15.6. The molecule has 0 aliphatic carbocycles. The first-order valence-electron chi connectivity index (χ1n) is 10.4. The number of hydrogen-bond acceptors (Lipinski definition) is 7. The summed E-state index contributed by atoms with van der Waals surface area (Å²) in [6.45, 7) is 0.212. The van der Waals surface area contributed by atoms with Crippen LogP contribution in [0.3, 0.4) is 0 Å². The molecule has 168 valence electrons. The number of carbonyl (C=O) groups excluding carboxylic acids is 1. The minimum absolute atomic E-state index is 0.120. The molecule has 4 atom stereocenters. The van der Waals surface area contributed by atoms with Crippen LogP contribution in [0.1, 0.15) is 35.0 Å². The van der Waals surface area contributed by atoms with Crippen LogP contribution in [0.5, 0.6) is 0 Å². The Labute approximate surface area is 184 Å². The van der Waals surface area contributed by atoms with Gasteiger partial charge in [-0.2, -0.15) is 0 Å². The second kappa shape index (κ2) is 8.73. The predicted octanol–water partition coefficient (Wildman–Crippen LogP) is 2.07. The fourth-order valence-electron chi connectivity index (χ4n) is 4.51. The third-order valence-electron chi connectivity index (χ3n) is 5.94. The Bertz CT molecular complexity index is 1170. The third kappa shape index (κ3) is 3.74. The summed E-state index contributed by atoms with van der Waals surface area (Å²) >= 11 is 0. The summed E-state index contributed by atoms with van der Waals surface area (Å²) in [6, 6.07) is 9.10. The molecule has 0 bridgehead atoms. The molecule has 11 heteroatoms. The lowest BCUT2D eigenvalue weighted by Gasteiger charge is -2.21. The maximum absolute atomic E-state index is 13.2. The minimum atomic E-state index is -3.17. The first-order valence-corrected chi connectivity index (χ1v) is 11.7. The van der Waals surface area contributed by atoms with Crippen LogP contribution in [0.25, 0.3) is 11.0 Å². The van der Waals surface area contributed by atoms with Crippen molar-refractivity contribution < 1.29 is 28.6 Å². The molecule has 4 heterocycles. The number of amides is 1. The smallest absolute Gasteiger partial charge is 0.316 e. The van der Waals surface area contributed by atoms with Crippen LogP contribution < -0.4 is 4.90 Å². The molecule has 32 heavy (non-hydrogen) atoms. The van der Waals surface area contributed by atoms with E-state index in [0.29, 0.717) is 23.6 Å². The highest BCUT2D eigenvalue weighted by Gasteiger charge is 2.39. The number of aromatic nitrogens is 3. The lowest BCUT2D eigenvalue weighted by molar-refractivity contribution is -0.0393. The van der Waals surface area contributed by atoms with Crippen molar-refractivity contribution in [1.29, 1.82) is 0 Å². The van der Waals surface area contributed by atoms with E-state index in [-0.39, 0.29) is 18.9 Å². The molecule has 5 rings (SSSR count). The topological polar surface area (TPSA) is 127 Å². The number of ether oxygens (including phenoxy) is 1. The number of anilines is 1. The number of rotatable bonds is 5. The summed E-state index contributed by atoms with van der Waals surface area (Å²) in [6.07, 6.45) is 3.20. The lowest BCUT2D eigenvalue weighted by Crippen LogP contribution is -2.32. The van der Waals surface area contributed by atoms with Crippen LogP contribution in [-0.4, -0.2) is 55.8 Å². The van der Waals surface area contributed by atoms with E-state index < -0.39 is 26.7 Å². The van der Waals surface area contributed by atoms with Gasteiger partial charge in [-0.05, 0) is 30.5 Å². The van der Waals surface area contributed by atoms with Gasteiger partial charge in [0.2, 0.25) is 0 Å². The maximum Gasteiger partial charge on any atom is 0.316 e. The van der Waals surface area contributed by atoms with Crippen molar-refractivity contribution in [3.05, 3.63) is 54.0 Å². The Hall–Kier alpha value is -2.62. The molecule has 2 aromatic heterocycles. The normalized spacial score (nSPS) is 23.9. The van der Waals surface area contributed by atoms with Crippen molar-refractivity contribution in [2.45, 2.75) is 37.7 Å². The molecule has 0 spiro atoms. The number of aliphatic hydroxyl groups excluding tert-OH is 1. The Kier molecular flexibility index (Phi) is 5.79. The molecule has 2 N–H and O–H groups in total. The van der Waals surface area contributed by atoms with Gasteiger partial charge in [-0.3, -0.25) is 14.3 Å². The van der Waals surface area contributed by atoms with Gasteiger partial charge in [0.15, 0.2) is 0 Å². The molecule has 1 aromatic carbocycles. The molecular weight excluding hydrogens is 435 g/mol. The van der Waals surface area contributed by atoms with Crippen molar-refractivity contribution in [2.24, 2.45) is 0 Å². The van der Waals surface area contributed by atoms with Crippen molar-refractivity contribution >= 4 is 31.0 Å². The quantitative estimate of drug-likeness (QED) is 0.557. The van der Waals surface area contributed by atoms with Crippen LogP contribution in [0, 0.1) is 0 Å². The van der Waals surface area contributed by atoms with E-state index in [4.69, 9.17) is 14.2 Å². The van der Waals surface area contributed by atoms with Crippen LogP contribution >= 0.6 is 8.25 Å². The second-order valence-corrected chi connectivity index (χ2v) is 8.62. The zero-order chi connectivity index (χ0) is 22.2. The predicted molar refractivity (Wildman–Crippen MR) is 116 cm³/mol. The number of carbonyl (C=O) groups is 1. The molecule has 2 aliphatic heterocycles. The largest absolute Gasteiger partial charge is 0.394 e. The summed E-state index contributed by atoms with van der Waals surface area (Å²) < 4.78 is 24.0. The van der Waals surface area contributed by atoms with Gasteiger partial charge in [-0.15, -0.1) is 0 Å². The van der Waals surface area contributed by atoms with E-state index in [1.54, 1.807) is 17.0 Å². The molecule has 1 saturated heterocycles. The Morgan fingerprint density at radius 2 is 2.09 bits per heavy atom. The van der Waals surface area contributed by atoms with Crippen molar-refractivity contribution in [3.8, 4) is 0 Å². The van der Waals surface area contributed by atoms with Gasteiger partial charge in [0.25, 0.3) is 5.91 Å². The molecule has 0 saturated carbocycles. The van der Waals surface area contributed by atoms with Crippen LogP contribution in [0.15, 0.2) is 42.9 Å². The van der Waals surface area contributed by atoms with Crippen molar-refractivity contribution in [2.75, 3.05) is 18.1 Å². The van der Waals surface area contributed by atoms with Gasteiger partial charge < -0.3 is 23.8 Å². The average molecular weight is 458 g/mol. The molecule has 1 unspecified atom stereocenters. The monoisotopic (exact) mass is 458 g/mol. The number of nitrogens with zero attached hydrogens (tertiary/aromatic N) is 4. The standard InChI is InChI=1S/C21H23N4O6P/c26-11-16-15(31-32(28)29)9-17(30-16)25-10-14-7-4-8-24(19-18(14)20(25)23-12-22-19)21(27)13-5-2-1-3-6-13/h1-3,5-6,10,12,15-17,26,32H,4,7-9,11H2,(H,28,29)/t15-,16+,17+/m0/s1. The van der Waals surface area contributed by atoms with Crippen LogP contribution in [0.4, 0.5) is 5.82 Å². The average Bonchev–Trinajstić information content (AvgIpc) is 3.31. The minimum Gasteiger partial charge on any atom is -0.394 e. The van der Waals surface area contributed by atoms with Gasteiger partial charge in [0.05, 0.1) is 18.1 Å². The molecule has 3 aromatic rings. The Morgan fingerprint density at radius 1 is 1.28 bits per heavy atom. The van der Waals surface area contributed by atoms with Gasteiger partial charge in [0, 0.05) is 24.7 Å². The van der Waals surface area contributed by atoms with E-state index in [1.165, 1.54) is 6.33 Å². The third-order valence-corrected chi connectivity index (χ3v) is 6.44. The van der Waals surface area contributed by atoms with E-state index in [9.17, 15) is 14.5 Å². The SMILES string of the molecule is O=C(c1ccccc1)N1CCCc2cn([C@H]3C[C@H](O[PH](=O)O)[C@@H](CO)O3)c3ncnc1c23. The fraction of sp³-hybridized carbons (Fsp3) is 0.381. The van der Waals surface area contributed by atoms with E-state index in [2.05, 4.69) is 9.97 Å². The molecule has 10 nitrogen and oxygen atoms in total. The highest BCUT2D eigenvalue weighted by molar-refractivity contribution is 7.32. The number of aryl methyl sites for hydroxylation is 1. The van der Waals surface area contributed by atoms with Gasteiger partial charge in [-0.25, -0.2) is 9.97 Å². The molecule has 1 fully saturated rings. The molecular formula is C21H23N4O6P. The Balaban J connectivity index is 1.54. The maximum atomic E-state index is 13.2. The summed E-state index contributed by atoms with van der Waals surface area (Å²) in [5.41, 5.74) is 2.20. The summed E-state index contributed by atoms with van der Waals surface area (Å²) in [7, 11) is -3.17. The van der Waals surface area contributed by atoms with Crippen LogP contribution in [-0.2, 0) is 20.2 Å². The van der Waals surface area contributed by atoms with E-state index in [1.807, 2.05) is 29.0 Å². The molecule has 0 radical (unpaired) electrons. The van der Waals surface area contributed by atoms with Gasteiger partial charge in [-0.1, -0.05) is 18.2 Å². The molecule has 1 amide bonds. The number of hydrogen-bond donors (Lipinski definition) is 2. The van der Waals surface area contributed by atoms with E-state index in [0.717, 1.165) is 23.8 Å². The zero-order valence-corrected chi connectivity index (χ0v) is 18.1. The molecule has 2 aliphatic rings. The number of aliphatic hydroxyl groups is 1. The van der Waals surface area contributed by atoms with Gasteiger partial charge in [0.1, 0.15) is 30.1 Å². The summed E-state index contributed by atoms with van der Waals surface area (Å²) in [4.78, 5) is 33.0. The first kappa shape index (κ1) is 21.2. The second-order valence-electron chi connectivity index (χ2n) is 7.85.